The molecule has 0 bridgehead atoms. The Morgan fingerprint density at radius 3 is 2.72 bits per heavy atom. The monoisotopic (exact) mass is 362 g/mol. The molecule has 1 aromatic carbocycles. The van der Waals surface area contributed by atoms with E-state index in [2.05, 4.69) is 10.7 Å². The summed E-state index contributed by atoms with van der Waals surface area (Å²) in [5.41, 5.74) is 5.40. The van der Waals surface area contributed by atoms with Crippen molar-refractivity contribution < 1.29 is 9.59 Å². The number of para-hydroxylation sites is 1. The maximum atomic E-state index is 12.9. The van der Waals surface area contributed by atoms with E-state index >= 15 is 0 Å². The number of hydrogen-bond donors (Lipinski definition) is 2. The number of benzene rings is 1. The van der Waals surface area contributed by atoms with E-state index in [0.29, 0.717) is 6.54 Å². The van der Waals surface area contributed by atoms with Gasteiger partial charge in [-0.05, 0) is 24.1 Å². The molecule has 0 aromatic heterocycles. The molecular weight excluding hydrogens is 340 g/mol. The number of carbonyl (C=O) groups is 2. The van der Waals surface area contributed by atoms with Crippen molar-refractivity contribution in [2.75, 3.05) is 26.0 Å². The van der Waals surface area contributed by atoms with Crippen molar-refractivity contribution in [3.8, 4) is 0 Å². The second-order valence-electron chi connectivity index (χ2n) is 6.48. The molecule has 0 aliphatic carbocycles. The van der Waals surface area contributed by atoms with Gasteiger partial charge in [0.05, 0.1) is 0 Å². The number of amides is 2. The molecule has 7 heteroatoms. The number of nitrogens with one attached hydrogen (secondary N) is 2. The zero-order valence-corrected chi connectivity index (χ0v) is 15.4. The minimum atomic E-state index is -0.757. The van der Waals surface area contributed by atoms with Crippen molar-refractivity contribution >= 4 is 29.1 Å². The van der Waals surface area contributed by atoms with Gasteiger partial charge in [0.15, 0.2) is 0 Å². The van der Waals surface area contributed by atoms with Crippen molar-refractivity contribution in [1.29, 1.82) is 0 Å². The fraction of sp³-hybridized carbons (Fsp3) is 0.444. The van der Waals surface area contributed by atoms with Crippen LogP contribution in [0.25, 0.3) is 0 Å². The van der Waals surface area contributed by atoms with Crippen LogP contribution in [0.3, 0.4) is 0 Å². The van der Waals surface area contributed by atoms with Gasteiger partial charge in [-0.3, -0.25) is 9.59 Å². The minimum absolute atomic E-state index is 0.163. The zero-order chi connectivity index (χ0) is 18.1. The molecule has 2 aliphatic heterocycles. The summed E-state index contributed by atoms with van der Waals surface area (Å²) in [7, 11) is 3.57. The van der Waals surface area contributed by atoms with Crippen molar-refractivity contribution in [2.45, 2.75) is 18.8 Å². The molecular formula is C18H23ClN4O2. The first kappa shape index (κ1) is 17.8. The van der Waals surface area contributed by atoms with E-state index in [1.165, 1.54) is 0 Å². The first-order valence-electron chi connectivity index (χ1n) is 8.41. The summed E-state index contributed by atoms with van der Waals surface area (Å²) >= 11 is 6.12. The number of alkyl halides is 1. The van der Waals surface area contributed by atoms with E-state index < -0.39 is 5.92 Å². The zero-order valence-electron chi connectivity index (χ0n) is 14.6. The second kappa shape index (κ2) is 7.06. The van der Waals surface area contributed by atoms with Crippen molar-refractivity contribution in [3.05, 3.63) is 41.6 Å². The molecule has 2 aliphatic rings. The third kappa shape index (κ3) is 3.37. The van der Waals surface area contributed by atoms with Gasteiger partial charge in [0.1, 0.15) is 11.4 Å². The molecule has 2 heterocycles. The lowest BCUT2D eigenvalue weighted by atomic mass is 9.91. The largest absolute Gasteiger partial charge is 0.344 e. The molecule has 3 atom stereocenters. The molecule has 3 rings (SSSR count). The lowest BCUT2D eigenvalue weighted by Crippen LogP contribution is -2.38. The summed E-state index contributed by atoms with van der Waals surface area (Å²) in [5, 5.41) is 4.75. The molecule has 1 fully saturated rings. The Kier molecular flexibility index (Phi) is 5.01. The number of nitrogens with zero attached hydrogens (tertiary/aromatic N) is 2. The van der Waals surface area contributed by atoms with E-state index in [9.17, 15) is 9.59 Å². The summed E-state index contributed by atoms with van der Waals surface area (Å²) < 4.78 is 0. The number of anilines is 1. The number of halogens is 1. The molecule has 2 N–H and O–H groups in total. The third-order valence-corrected chi connectivity index (χ3v) is 5.08. The molecule has 3 unspecified atom stereocenters. The van der Waals surface area contributed by atoms with Crippen LogP contribution in [0.1, 0.15) is 12.5 Å². The highest BCUT2D eigenvalue weighted by atomic mass is 35.5. The van der Waals surface area contributed by atoms with E-state index in [1.54, 1.807) is 17.0 Å². The highest BCUT2D eigenvalue weighted by Gasteiger charge is 2.47. The number of rotatable bonds is 4. The number of likely N-dealkylation sites (tertiary alicyclic amines) is 1. The van der Waals surface area contributed by atoms with Gasteiger partial charge in [-0.2, -0.15) is 0 Å². The van der Waals surface area contributed by atoms with E-state index in [-0.39, 0.29) is 23.2 Å². The second-order valence-corrected chi connectivity index (χ2v) is 6.95. The third-order valence-electron chi connectivity index (χ3n) is 4.86. The van der Waals surface area contributed by atoms with E-state index in [1.807, 2.05) is 44.3 Å². The molecule has 6 nitrogen and oxygen atoms in total. The predicted molar refractivity (Wildman–Crippen MR) is 97.7 cm³/mol. The Morgan fingerprint density at radius 1 is 1.36 bits per heavy atom. The number of hydrazine groups is 1. The Morgan fingerprint density at radius 2 is 2.08 bits per heavy atom. The molecule has 0 saturated carbocycles. The van der Waals surface area contributed by atoms with E-state index in [0.717, 1.165) is 23.4 Å². The Labute approximate surface area is 152 Å². The lowest BCUT2D eigenvalue weighted by molar-refractivity contribution is -0.135. The maximum absolute atomic E-state index is 12.9. The van der Waals surface area contributed by atoms with Crippen molar-refractivity contribution in [1.82, 2.24) is 15.3 Å². The topological polar surface area (TPSA) is 64.7 Å². The fourth-order valence-electron chi connectivity index (χ4n) is 3.55. The Hall–Kier alpha value is -2.05. The molecule has 2 amide bonds. The van der Waals surface area contributed by atoms with Crippen LogP contribution >= 0.6 is 11.6 Å². The smallest absolute Gasteiger partial charge is 0.237 e. The summed E-state index contributed by atoms with van der Waals surface area (Å²) in [4.78, 5) is 27.2. The molecule has 0 spiro atoms. The van der Waals surface area contributed by atoms with Gasteiger partial charge < -0.3 is 15.2 Å². The molecule has 1 saturated heterocycles. The highest BCUT2D eigenvalue weighted by molar-refractivity contribution is 6.21. The van der Waals surface area contributed by atoms with Crippen LogP contribution in [0.2, 0.25) is 0 Å². The fourth-order valence-corrected chi connectivity index (χ4v) is 3.83. The SMILES string of the molecule is CCc1ccccc1NC(=O)C1C(=O)N(C)CC1C1=CC(Cl)NN1C. The van der Waals surface area contributed by atoms with Gasteiger partial charge in [-0.25, -0.2) is 5.43 Å². The maximum Gasteiger partial charge on any atom is 0.237 e. The van der Waals surface area contributed by atoms with Gasteiger partial charge in [0, 0.05) is 37.9 Å². The van der Waals surface area contributed by atoms with Gasteiger partial charge in [0.25, 0.3) is 0 Å². The average Bonchev–Trinajstić information content (AvgIpc) is 3.06. The summed E-state index contributed by atoms with van der Waals surface area (Å²) in [6.07, 6.45) is 2.67. The quantitative estimate of drug-likeness (QED) is 0.487. The molecule has 134 valence electrons. The van der Waals surface area contributed by atoms with Crippen molar-refractivity contribution in [3.63, 3.8) is 0 Å². The van der Waals surface area contributed by atoms with Crippen LogP contribution in [0, 0.1) is 11.8 Å². The van der Waals surface area contributed by atoms with Crippen LogP contribution in [0.15, 0.2) is 36.0 Å². The number of aryl methyl sites for hydroxylation is 1. The number of carbonyl (C=O) groups excluding carboxylic acids is 2. The van der Waals surface area contributed by atoms with Crippen LogP contribution in [0.5, 0.6) is 0 Å². The van der Waals surface area contributed by atoms with Gasteiger partial charge in [-0.15, -0.1) is 0 Å². The normalized spacial score (nSPS) is 26.2. The summed E-state index contributed by atoms with van der Waals surface area (Å²) in [6, 6.07) is 7.66. The van der Waals surface area contributed by atoms with Gasteiger partial charge in [-0.1, -0.05) is 36.7 Å². The standard InChI is InChI=1S/C18H23ClN4O2/c1-4-11-7-5-6-8-13(11)20-17(24)16-12(10-22(2)18(16)25)14-9-15(19)21-23(14)3/h5-9,12,15-16,21H,4,10H2,1-3H3,(H,20,24). The van der Waals surface area contributed by atoms with Crippen LogP contribution < -0.4 is 10.7 Å². The minimum Gasteiger partial charge on any atom is -0.344 e. The number of hydrogen-bond acceptors (Lipinski definition) is 4. The van der Waals surface area contributed by atoms with E-state index in [4.69, 9.17) is 11.6 Å². The molecule has 25 heavy (non-hydrogen) atoms. The summed E-state index contributed by atoms with van der Waals surface area (Å²) in [5.74, 6) is -1.42. The Balaban J connectivity index is 1.86. The molecule has 0 radical (unpaired) electrons. The first-order valence-corrected chi connectivity index (χ1v) is 8.85. The highest BCUT2D eigenvalue weighted by Crippen LogP contribution is 2.34. The Bertz CT molecular complexity index is 721. The van der Waals surface area contributed by atoms with Crippen LogP contribution in [0.4, 0.5) is 5.69 Å². The first-order chi connectivity index (χ1) is 11.9. The predicted octanol–water partition coefficient (Wildman–Crippen LogP) is 1.79. The van der Waals surface area contributed by atoms with Gasteiger partial charge >= 0.3 is 0 Å². The average molecular weight is 363 g/mol. The molecule has 1 aromatic rings. The van der Waals surface area contributed by atoms with Gasteiger partial charge in [0.2, 0.25) is 11.8 Å². The van der Waals surface area contributed by atoms with Crippen molar-refractivity contribution in [2.24, 2.45) is 11.8 Å². The van der Waals surface area contributed by atoms with Crippen LogP contribution in [-0.2, 0) is 16.0 Å². The summed E-state index contributed by atoms with van der Waals surface area (Å²) in [6.45, 7) is 2.53. The van der Waals surface area contributed by atoms with Crippen LogP contribution in [-0.4, -0.2) is 47.9 Å². The lowest BCUT2D eigenvalue weighted by Gasteiger charge is -2.24.